The van der Waals surface area contributed by atoms with E-state index in [4.69, 9.17) is 6.42 Å². The predicted octanol–water partition coefficient (Wildman–Crippen LogP) is 1.36. The van der Waals surface area contributed by atoms with Crippen LogP contribution in [0.15, 0.2) is 24.3 Å². The maximum absolute atomic E-state index is 11.5. The normalized spacial score (nSPS) is 14.2. The predicted molar refractivity (Wildman–Crippen MR) is 64.0 cm³/mol. The highest BCUT2D eigenvalue weighted by molar-refractivity contribution is 5.92. The summed E-state index contributed by atoms with van der Waals surface area (Å²) in [6.45, 7) is 0.366. The Kier molecular flexibility index (Phi) is 3.23. The largest absolute Gasteiger partial charge is 0.325 e. The van der Waals surface area contributed by atoms with E-state index in [0.717, 1.165) is 11.3 Å². The van der Waals surface area contributed by atoms with Gasteiger partial charge in [-0.2, -0.15) is 0 Å². The van der Waals surface area contributed by atoms with Crippen LogP contribution in [0.1, 0.15) is 18.4 Å². The minimum absolute atomic E-state index is 0.0268. The number of hydrogen-bond acceptors (Lipinski definition) is 2. The first-order valence-corrected chi connectivity index (χ1v) is 5.38. The van der Waals surface area contributed by atoms with Gasteiger partial charge in [-0.15, -0.1) is 6.42 Å². The smallest absolute Gasteiger partial charge is 0.238 e. The zero-order valence-corrected chi connectivity index (χ0v) is 8.99. The Bertz CT molecular complexity index is 430. The minimum atomic E-state index is -0.0268. The monoisotopic (exact) mass is 214 g/mol. The van der Waals surface area contributed by atoms with Gasteiger partial charge in [-0.25, -0.2) is 0 Å². The Morgan fingerprint density at radius 1 is 1.50 bits per heavy atom. The van der Waals surface area contributed by atoms with Gasteiger partial charge in [0.15, 0.2) is 0 Å². The van der Waals surface area contributed by atoms with Gasteiger partial charge in [0.05, 0.1) is 6.54 Å². The third-order valence-corrected chi connectivity index (χ3v) is 2.44. The van der Waals surface area contributed by atoms with Crippen molar-refractivity contribution in [2.45, 2.75) is 18.9 Å². The van der Waals surface area contributed by atoms with Gasteiger partial charge < -0.3 is 10.6 Å². The first-order chi connectivity index (χ1) is 7.78. The van der Waals surface area contributed by atoms with Gasteiger partial charge in [-0.3, -0.25) is 4.79 Å². The Morgan fingerprint density at radius 3 is 3.00 bits per heavy atom. The third kappa shape index (κ3) is 3.11. The van der Waals surface area contributed by atoms with Crippen LogP contribution in [-0.2, 0) is 4.79 Å². The molecule has 82 valence electrons. The number of rotatable bonds is 4. The summed E-state index contributed by atoms with van der Waals surface area (Å²) < 4.78 is 0. The van der Waals surface area contributed by atoms with E-state index in [1.807, 2.05) is 18.2 Å². The number of hydrogen-bond donors (Lipinski definition) is 2. The van der Waals surface area contributed by atoms with Crippen molar-refractivity contribution in [3.05, 3.63) is 29.8 Å². The topological polar surface area (TPSA) is 41.1 Å². The van der Waals surface area contributed by atoms with E-state index in [1.165, 1.54) is 12.8 Å². The maximum atomic E-state index is 11.5. The van der Waals surface area contributed by atoms with Crippen molar-refractivity contribution in [1.29, 1.82) is 0 Å². The van der Waals surface area contributed by atoms with Crippen molar-refractivity contribution >= 4 is 11.6 Å². The summed E-state index contributed by atoms with van der Waals surface area (Å²) in [5.41, 5.74) is 1.52. The fourth-order valence-electron chi connectivity index (χ4n) is 1.42. The molecule has 1 aromatic rings. The van der Waals surface area contributed by atoms with Crippen LogP contribution in [0, 0.1) is 12.3 Å². The number of terminal acetylenes is 1. The van der Waals surface area contributed by atoms with Gasteiger partial charge in [0.1, 0.15) is 0 Å². The second-order valence-corrected chi connectivity index (χ2v) is 3.93. The van der Waals surface area contributed by atoms with Crippen LogP contribution in [0.2, 0.25) is 0 Å². The lowest BCUT2D eigenvalue weighted by atomic mass is 10.2. The van der Waals surface area contributed by atoms with Crippen molar-refractivity contribution in [2.24, 2.45) is 0 Å². The van der Waals surface area contributed by atoms with E-state index in [2.05, 4.69) is 16.6 Å². The fraction of sp³-hybridized carbons (Fsp3) is 0.308. The lowest BCUT2D eigenvalue weighted by Crippen LogP contribution is -2.29. The van der Waals surface area contributed by atoms with E-state index in [1.54, 1.807) is 6.07 Å². The SMILES string of the molecule is C#Cc1cccc(NC(=O)CNC2CC2)c1. The van der Waals surface area contributed by atoms with Crippen LogP contribution in [0.5, 0.6) is 0 Å². The van der Waals surface area contributed by atoms with E-state index in [0.29, 0.717) is 12.6 Å². The van der Waals surface area contributed by atoms with Crippen molar-refractivity contribution in [3.63, 3.8) is 0 Å². The van der Waals surface area contributed by atoms with E-state index in [9.17, 15) is 4.79 Å². The molecule has 0 bridgehead atoms. The molecule has 1 amide bonds. The molecular formula is C13H14N2O. The van der Waals surface area contributed by atoms with Gasteiger partial charge in [0.25, 0.3) is 0 Å². The maximum Gasteiger partial charge on any atom is 0.238 e. The van der Waals surface area contributed by atoms with Gasteiger partial charge in [-0.1, -0.05) is 12.0 Å². The van der Waals surface area contributed by atoms with Gasteiger partial charge >= 0.3 is 0 Å². The van der Waals surface area contributed by atoms with E-state index in [-0.39, 0.29) is 5.91 Å². The molecule has 0 radical (unpaired) electrons. The van der Waals surface area contributed by atoms with Crippen LogP contribution in [0.4, 0.5) is 5.69 Å². The molecule has 0 saturated heterocycles. The standard InChI is InChI=1S/C13H14N2O/c1-2-10-4-3-5-12(8-10)15-13(16)9-14-11-6-7-11/h1,3-5,8,11,14H,6-7,9H2,(H,15,16). The Morgan fingerprint density at radius 2 is 2.31 bits per heavy atom. The van der Waals surface area contributed by atoms with Gasteiger partial charge in [-0.05, 0) is 31.0 Å². The van der Waals surface area contributed by atoms with Crippen LogP contribution in [-0.4, -0.2) is 18.5 Å². The Labute approximate surface area is 95.2 Å². The Balaban J connectivity index is 1.86. The number of carbonyl (C=O) groups is 1. The molecule has 1 aromatic carbocycles. The number of amides is 1. The quantitative estimate of drug-likeness (QED) is 0.743. The first kappa shape index (κ1) is 10.7. The molecule has 1 saturated carbocycles. The van der Waals surface area contributed by atoms with Crippen molar-refractivity contribution in [3.8, 4) is 12.3 Å². The molecule has 1 fully saturated rings. The average Bonchev–Trinajstić information content (AvgIpc) is 3.10. The molecule has 0 atom stereocenters. The molecule has 3 heteroatoms. The third-order valence-electron chi connectivity index (χ3n) is 2.44. The van der Waals surface area contributed by atoms with Crippen molar-refractivity contribution in [2.75, 3.05) is 11.9 Å². The Hall–Kier alpha value is -1.79. The highest BCUT2D eigenvalue weighted by Crippen LogP contribution is 2.18. The number of anilines is 1. The van der Waals surface area contributed by atoms with Crippen LogP contribution < -0.4 is 10.6 Å². The zero-order valence-electron chi connectivity index (χ0n) is 8.99. The summed E-state index contributed by atoms with van der Waals surface area (Å²) >= 11 is 0. The van der Waals surface area contributed by atoms with Crippen molar-refractivity contribution in [1.82, 2.24) is 5.32 Å². The van der Waals surface area contributed by atoms with Crippen LogP contribution in [0.3, 0.4) is 0 Å². The lowest BCUT2D eigenvalue weighted by molar-refractivity contribution is -0.115. The number of carbonyl (C=O) groups excluding carboxylic acids is 1. The summed E-state index contributed by atoms with van der Waals surface area (Å²) in [5.74, 6) is 2.51. The highest BCUT2D eigenvalue weighted by Gasteiger charge is 2.20. The lowest BCUT2D eigenvalue weighted by Gasteiger charge is -2.06. The first-order valence-electron chi connectivity index (χ1n) is 5.38. The summed E-state index contributed by atoms with van der Waals surface area (Å²) in [6, 6.07) is 7.82. The molecule has 0 unspecified atom stereocenters. The molecule has 1 aliphatic rings. The molecular weight excluding hydrogens is 200 g/mol. The minimum Gasteiger partial charge on any atom is -0.325 e. The molecule has 0 heterocycles. The summed E-state index contributed by atoms with van der Waals surface area (Å²) in [4.78, 5) is 11.5. The van der Waals surface area contributed by atoms with Crippen molar-refractivity contribution < 1.29 is 4.79 Å². The van der Waals surface area contributed by atoms with E-state index >= 15 is 0 Å². The molecule has 2 N–H and O–H groups in total. The highest BCUT2D eigenvalue weighted by atomic mass is 16.1. The molecule has 3 nitrogen and oxygen atoms in total. The average molecular weight is 214 g/mol. The fourth-order valence-corrected chi connectivity index (χ4v) is 1.42. The molecule has 0 aromatic heterocycles. The van der Waals surface area contributed by atoms with Gasteiger partial charge in [0, 0.05) is 17.3 Å². The van der Waals surface area contributed by atoms with Gasteiger partial charge in [0.2, 0.25) is 5.91 Å². The molecule has 2 rings (SSSR count). The second-order valence-electron chi connectivity index (χ2n) is 3.93. The van der Waals surface area contributed by atoms with Crippen LogP contribution in [0.25, 0.3) is 0 Å². The number of benzene rings is 1. The summed E-state index contributed by atoms with van der Waals surface area (Å²) in [7, 11) is 0. The molecule has 0 spiro atoms. The van der Waals surface area contributed by atoms with Crippen LogP contribution >= 0.6 is 0 Å². The molecule has 0 aliphatic heterocycles. The summed E-state index contributed by atoms with van der Waals surface area (Å²) in [6.07, 6.45) is 7.64. The molecule has 16 heavy (non-hydrogen) atoms. The number of nitrogens with one attached hydrogen (secondary N) is 2. The summed E-state index contributed by atoms with van der Waals surface area (Å²) in [5, 5.41) is 5.96. The van der Waals surface area contributed by atoms with E-state index < -0.39 is 0 Å². The molecule has 1 aliphatic carbocycles. The zero-order chi connectivity index (χ0) is 11.4. The second kappa shape index (κ2) is 4.82.